The minimum atomic E-state index is -0.533. The van der Waals surface area contributed by atoms with E-state index < -0.39 is 6.04 Å². The first kappa shape index (κ1) is 23.0. The molecule has 29 heavy (non-hydrogen) atoms. The van der Waals surface area contributed by atoms with Crippen molar-refractivity contribution >= 4 is 23.6 Å². The Kier molecular flexibility index (Phi) is 8.77. The van der Waals surface area contributed by atoms with Gasteiger partial charge in [-0.2, -0.15) is 0 Å². The number of hydrogen-bond donors (Lipinski definition) is 1. The minimum absolute atomic E-state index is 0.0365. The molecule has 2 aromatic rings. The van der Waals surface area contributed by atoms with Crippen LogP contribution in [0.1, 0.15) is 43.9 Å². The molecule has 0 saturated heterocycles. The third-order valence-corrected chi connectivity index (χ3v) is 6.15. The van der Waals surface area contributed by atoms with Crippen LogP contribution in [0.4, 0.5) is 0 Å². The number of amides is 2. The van der Waals surface area contributed by atoms with E-state index in [0.717, 1.165) is 22.4 Å². The maximum absolute atomic E-state index is 13.1. The van der Waals surface area contributed by atoms with Crippen molar-refractivity contribution < 1.29 is 9.59 Å². The van der Waals surface area contributed by atoms with Gasteiger partial charge in [0.25, 0.3) is 0 Å². The van der Waals surface area contributed by atoms with E-state index in [1.165, 1.54) is 17.3 Å². The standard InChI is InChI=1S/C24H32N2O2S/c1-6-19(4)25-24(28)20(5)26(15-21-10-8-7-9-18(21)3)23(27)16-29-22-13-11-17(2)12-14-22/h7-14,19-20H,6,15-16H2,1-5H3,(H,25,28). The van der Waals surface area contributed by atoms with Gasteiger partial charge in [-0.05, 0) is 57.4 Å². The van der Waals surface area contributed by atoms with Gasteiger partial charge in [-0.1, -0.05) is 48.9 Å². The van der Waals surface area contributed by atoms with Crippen LogP contribution in [0.5, 0.6) is 0 Å². The van der Waals surface area contributed by atoms with Gasteiger partial charge in [0.2, 0.25) is 11.8 Å². The highest BCUT2D eigenvalue weighted by molar-refractivity contribution is 8.00. The molecule has 2 amide bonds. The molecule has 4 nitrogen and oxygen atoms in total. The minimum Gasteiger partial charge on any atom is -0.352 e. The predicted octanol–water partition coefficient (Wildman–Crippen LogP) is 4.73. The molecule has 0 aliphatic heterocycles. The molecular formula is C24H32N2O2S. The number of benzene rings is 2. The van der Waals surface area contributed by atoms with Crippen LogP contribution in [-0.2, 0) is 16.1 Å². The number of hydrogen-bond acceptors (Lipinski definition) is 3. The van der Waals surface area contributed by atoms with E-state index in [1.54, 1.807) is 4.90 Å². The van der Waals surface area contributed by atoms with E-state index in [9.17, 15) is 9.59 Å². The number of thioether (sulfide) groups is 1. The SMILES string of the molecule is CCC(C)NC(=O)C(C)N(Cc1ccccc1C)C(=O)CSc1ccc(C)cc1. The van der Waals surface area contributed by atoms with Crippen molar-refractivity contribution in [3.8, 4) is 0 Å². The maximum Gasteiger partial charge on any atom is 0.242 e. The average molecular weight is 413 g/mol. The molecule has 2 aromatic carbocycles. The number of nitrogens with one attached hydrogen (secondary N) is 1. The monoisotopic (exact) mass is 412 g/mol. The molecule has 2 rings (SSSR count). The second-order valence-electron chi connectivity index (χ2n) is 7.54. The van der Waals surface area contributed by atoms with Crippen LogP contribution >= 0.6 is 11.8 Å². The lowest BCUT2D eigenvalue weighted by Crippen LogP contribution is -2.50. The van der Waals surface area contributed by atoms with Gasteiger partial charge in [0, 0.05) is 17.5 Å². The third-order valence-electron chi connectivity index (χ3n) is 5.15. The Balaban J connectivity index is 2.15. The quantitative estimate of drug-likeness (QED) is 0.606. The highest BCUT2D eigenvalue weighted by Crippen LogP contribution is 2.21. The van der Waals surface area contributed by atoms with Crippen LogP contribution in [0, 0.1) is 13.8 Å². The van der Waals surface area contributed by atoms with Gasteiger partial charge < -0.3 is 10.2 Å². The molecule has 0 bridgehead atoms. The van der Waals surface area contributed by atoms with Crippen molar-refractivity contribution in [2.75, 3.05) is 5.75 Å². The molecule has 0 fully saturated rings. The smallest absolute Gasteiger partial charge is 0.242 e. The Morgan fingerprint density at radius 3 is 2.31 bits per heavy atom. The summed E-state index contributed by atoms with van der Waals surface area (Å²) in [7, 11) is 0. The second-order valence-corrected chi connectivity index (χ2v) is 8.59. The first-order valence-electron chi connectivity index (χ1n) is 10.2. The van der Waals surface area contributed by atoms with Gasteiger partial charge in [0.15, 0.2) is 0 Å². The molecule has 5 heteroatoms. The summed E-state index contributed by atoms with van der Waals surface area (Å²) in [5, 5.41) is 3.01. The van der Waals surface area contributed by atoms with Gasteiger partial charge in [0.1, 0.15) is 6.04 Å². The third kappa shape index (κ3) is 6.93. The summed E-state index contributed by atoms with van der Waals surface area (Å²) < 4.78 is 0. The number of nitrogens with zero attached hydrogens (tertiary/aromatic N) is 1. The molecule has 0 aromatic heterocycles. The van der Waals surface area contributed by atoms with Gasteiger partial charge >= 0.3 is 0 Å². The van der Waals surface area contributed by atoms with Gasteiger partial charge in [-0.15, -0.1) is 11.8 Å². The van der Waals surface area contributed by atoms with Crippen molar-refractivity contribution in [3.63, 3.8) is 0 Å². The summed E-state index contributed by atoms with van der Waals surface area (Å²) in [5.41, 5.74) is 3.37. The van der Waals surface area contributed by atoms with Crippen molar-refractivity contribution in [2.45, 2.75) is 64.6 Å². The van der Waals surface area contributed by atoms with E-state index in [0.29, 0.717) is 12.3 Å². The van der Waals surface area contributed by atoms with E-state index in [2.05, 4.69) is 5.32 Å². The summed E-state index contributed by atoms with van der Waals surface area (Å²) in [6.45, 7) is 10.3. The first-order valence-corrected chi connectivity index (χ1v) is 11.1. The zero-order valence-corrected chi connectivity index (χ0v) is 18.9. The molecule has 0 heterocycles. The van der Waals surface area contributed by atoms with Crippen molar-refractivity contribution in [1.29, 1.82) is 0 Å². The van der Waals surface area contributed by atoms with E-state index in [1.807, 2.05) is 83.1 Å². The second kappa shape index (κ2) is 11.1. The highest BCUT2D eigenvalue weighted by atomic mass is 32.2. The number of carbonyl (C=O) groups excluding carboxylic acids is 2. The van der Waals surface area contributed by atoms with E-state index >= 15 is 0 Å². The van der Waals surface area contributed by atoms with Crippen LogP contribution in [0.15, 0.2) is 53.4 Å². The zero-order chi connectivity index (χ0) is 21.4. The van der Waals surface area contributed by atoms with Gasteiger partial charge in [0.05, 0.1) is 5.75 Å². The van der Waals surface area contributed by atoms with Crippen molar-refractivity contribution in [2.24, 2.45) is 0 Å². The summed E-state index contributed by atoms with van der Waals surface area (Å²) in [6, 6.07) is 15.7. The van der Waals surface area contributed by atoms with Gasteiger partial charge in [-0.25, -0.2) is 0 Å². The molecule has 2 atom stereocenters. The summed E-state index contributed by atoms with van der Waals surface area (Å²) in [4.78, 5) is 28.6. The number of aryl methyl sites for hydroxylation is 2. The number of carbonyl (C=O) groups is 2. The van der Waals surface area contributed by atoms with E-state index in [-0.39, 0.29) is 17.9 Å². The Morgan fingerprint density at radius 2 is 1.69 bits per heavy atom. The first-order chi connectivity index (χ1) is 13.8. The fraction of sp³-hybridized carbons (Fsp3) is 0.417. The van der Waals surface area contributed by atoms with Crippen molar-refractivity contribution in [1.82, 2.24) is 10.2 Å². The maximum atomic E-state index is 13.1. The van der Waals surface area contributed by atoms with Crippen LogP contribution in [0.2, 0.25) is 0 Å². The molecule has 2 unspecified atom stereocenters. The molecule has 156 valence electrons. The number of rotatable bonds is 9. The Morgan fingerprint density at radius 1 is 1.03 bits per heavy atom. The summed E-state index contributed by atoms with van der Waals surface area (Å²) in [5.74, 6) is 0.155. The molecule has 1 N–H and O–H groups in total. The van der Waals surface area contributed by atoms with Crippen LogP contribution in [0.3, 0.4) is 0 Å². The predicted molar refractivity (Wildman–Crippen MR) is 121 cm³/mol. The molecule has 0 saturated carbocycles. The molecule has 0 radical (unpaired) electrons. The highest BCUT2D eigenvalue weighted by Gasteiger charge is 2.27. The Labute approximate surface area is 179 Å². The zero-order valence-electron chi connectivity index (χ0n) is 18.1. The van der Waals surface area contributed by atoms with Crippen molar-refractivity contribution in [3.05, 3.63) is 65.2 Å². The fourth-order valence-corrected chi connectivity index (χ4v) is 3.67. The Bertz CT molecular complexity index is 820. The topological polar surface area (TPSA) is 49.4 Å². The lowest BCUT2D eigenvalue weighted by molar-refractivity contribution is -0.138. The molecule has 0 aliphatic rings. The van der Waals surface area contributed by atoms with E-state index in [4.69, 9.17) is 0 Å². The average Bonchev–Trinajstić information content (AvgIpc) is 2.71. The Hall–Kier alpha value is -2.27. The lowest BCUT2D eigenvalue weighted by Gasteiger charge is -2.30. The van der Waals surface area contributed by atoms with Gasteiger partial charge in [-0.3, -0.25) is 9.59 Å². The summed E-state index contributed by atoms with van der Waals surface area (Å²) in [6.07, 6.45) is 0.855. The summed E-state index contributed by atoms with van der Waals surface area (Å²) >= 11 is 1.50. The molecular weight excluding hydrogens is 380 g/mol. The fourth-order valence-electron chi connectivity index (χ4n) is 2.88. The normalized spacial score (nSPS) is 12.9. The lowest BCUT2D eigenvalue weighted by atomic mass is 10.1. The van der Waals surface area contributed by atoms with Crippen LogP contribution in [-0.4, -0.2) is 34.6 Å². The van der Waals surface area contributed by atoms with Crippen LogP contribution < -0.4 is 5.32 Å². The largest absolute Gasteiger partial charge is 0.352 e. The van der Waals surface area contributed by atoms with Crippen LogP contribution in [0.25, 0.3) is 0 Å². The molecule has 0 spiro atoms. The molecule has 0 aliphatic carbocycles.